The molecular weight excluding hydrogens is 250 g/mol. The average molecular weight is 271 g/mol. The third-order valence-corrected chi connectivity index (χ3v) is 3.52. The van der Waals surface area contributed by atoms with Crippen LogP contribution in [0.2, 0.25) is 0 Å². The molecular formula is C12H21N3O4. The van der Waals surface area contributed by atoms with Crippen molar-refractivity contribution in [3.63, 3.8) is 0 Å². The van der Waals surface area contributed by atoms with E-state index in [1.165, 1.54) is 0 Å². The summed E-state index contributed by atoms with van der Waals surface area (Å²) >= 11 is 0. The molecule has 0 spiro atoms. The summed E-state index contributed by atoms with van der Waals surface area (Å²) in [7, 11) is 0. The predicted octanol–water partition coefficient (Wildman–Crippen LogP) is -0.519. The number of carboxylic acid groups (broad SMARTS) is 1. The van der Waals surface area contributed by atoms with Gasteiger partial charge >= 0.3 is 12.1 Å². The number of aliphatic carboxylic acids is 1. The van der Waals surface area contributed by atoms with Gasteiger partial charge in [0.2, 0.25) is 0 Å². The highest BCUT2D eigenvalue weighted by atomic mass is 16.6. The van der Waals surface area contributed by atoms with E-state index in [0.29, 0.717) is 12.5 Å². The lowest BCUT2D eigenvalue weighted by Crippen LogP contribution is -2.44. The third-order valence-electron chi connectivity index (χ3n) is 3.52. The monoisotopic (exact) mass is 271 g/mol. The fourth-order valence-corrected chi connectivity index (χ4v) is 2.69. The van der Waals surface area contributed by atoms with Gasteiger partial charge in [0.05, 0.1) is 13.1 Å². The summed E-state index contributed by atoms with van der Waals surface area (Å²) in [5, 5.41) is 14.2. The Morgan fingerprint density at radius 3 is 3.11 bits per heavy atom. The van der Waals surface area contributed by atoms with Gasteiger partial charge in [0.15, 0.2) is 0 Å². The molecule has 0 aliphatic carbocycles. The van der Waals surface area contributed by atoms with Crippen molar-refractivity contribution in [1.82, 2.24) is 15.5 Å². The fraction of sp³-hybridized carbons (Fsp3) is 0.833. The zero-order valence-electron chi connectivity index (χ0n) is 10.9. The predicted molar refractivity (Wildman–Crippen MR) is 67.9 cm³/mol. The number of carbonyl (C=O) groups is 2. The van der Waals surface area contributed by atoms with E-state index < -0.39 is 5.97 Å². The summed E-state index contributed by atoms with van der Waals surface area (Å²) in [6.07, 6.45) is 1.83. The van der Waals surface area contributed by atoms with Gasteiger partial charge in [-0.2, -0.15) is 0 Å². The molecule has 0 bridgehead atoms. The summed E-state index contributed by atoms with van der Waals surface area (Å²) in [5.41, 5.74) is 0. The minimum Gasteiger partial charge on any atom is -0.480 e. The molecule has 2 aliphatic heterocycles. The summed E-state index contributed by atoms with van der Waals surface area (Å²) in [5.74, 6) is -0.352. The topological polar surface area (TPSA) is 90.9 Å². The molecule has 7 heteroatoms. The van der Waals surface area contributed by atoms with Crippen LogP contribution in [-0.2, 0) is 9.53 Å². The fourth-order valence-electron chi connectivity index (χ4n) is 2.69. The van der Waals surface area contributed by atoms with E-state index in [4.69, 9.17) is 9.84 Å². The van der Waals surface area contributed by atoms with Crippen molar-refractivity contribution in [2.45, 2.75) is 18.9 Å². The first-order chi connectivity index (χ1) is 9.13. The number of ether oxygens (including phenoxy) is 1. The molecule has 2 aliphatic rings. The van der Waals surface area contributed by atoms with Crippen LogP contribution in [-0.4, -0.2) is 67.4 Å². The van der Waals surface area contributed by atoms with Crippen molar-refractivity contribution >= 4 is 12.1 Å². The number of hydrogen-bond donors (Lipinski definition) is 3. The summed E-state index contributed by atoms with van der Waals surface area (Å²) in [4.78, 5) is 23.7. The number of likely N-dealkylation sites (tertiary alicyclic amines) is 1. The molecule has 3 N–H and O–H groups in total. The molecule has 2 fully saturated rings. The van der Waals surface area contributed by atoms with Gasteiger partial charge in [-0.25, -0.2) is 4.79 Å². The maximum Gasteiger partial charge on any atom is 0.407 e. The van der Waals surface area contributed by atoms with E-state index in [-0.39, 0.29) is 18.7 Å². The van der Waals surface area contributed by atoms with Crippen LogP contribution >= 0.6 is 0 Å². The molecule has 2 atom stereocenters. The van der Waals surface area contributed by atoms with Gasteiger partial charge in [-0.15, -0.1) is 0 Å². The lowest BCUT2D eigenvalue weighted by molar-refractivity contribution is -0.136. The largest absolute Gasteiger partial charge is 0.480 e. The van der Waals surface area contributed by atoms with Crippen molar-refractivity contribution in [1.29, 1.82) is 0 Å². The van der Waals surface area contributed by atoms with Crippen molar-refractivity contribution in [2.75, 3.05) is 39.3 Å². The quantitative estimate of drug-likeness (QED) is 0.602. The molecule has 1 amide bonds. The first-order valence-corrected chi connectivity index (χ1v) is 6.73. The molecule has 0 aromatic heterocycles. The highest BCUT2D eigenvalue weighted by molar-refractivity contribution is 5.69. The number of alkyl carbamates (subject to hydrolysis) is 1. The summed E-state index contributed by atoms with van der Waals surface area (Å²) in [6.45, 7) is 4.03. The Hall–Kier alpha value is -1.34. The highest BCUT2D eigenvalue weighted by Gasteiger charge is 2.27. The minimum absolute atomic E-state index is 0.0145. The second-order valence-corrected chi connectivity index (χ2v) is 5.20. The number of cyclic esters (lactones) is 1. The molecule has 2 heterocycles. The van der Waals surface area contributed by atoms with E-state index in [1.807, 2.05) is 0 Å². The van der Waals surface area contributed by atoms with Crippen LogP contribution in [0, 0.1) is 5.92 Å². The summed E-state index contributed by atoms with van der Waals surface area (Å²) in [6, 6.07) is 0. The zero-order valence-corrected chi connectivity index (χ0v) is 10.9. The molecule has 0 saturated carbocycles. The maximum absolute atomic E-state index is 10.9. The van der Waals surface area contributed by atoms with Crippen molar-refractivity contribution in [3.8, 4) is 0 Å². The number of amides is 1. The van der Waals surface area contributed by atoms with Crippen LogP contribution in [0.5, 0.6) is 0 Å². The van der Waals surface area contributed by atoms with Crippen LogP contribution in [0.3, 0.4) is 0 Å². The average Bonchev–Trinajstić information content (AvgIpc) is 2.75. The van der Waals surface area contributed by atoms with Crippen LogP contribution in [0.4, 0.5) is 4.79 Å². The number of nitrogens with zero attached hydrogens (tertiary/aromatic N) is 1. The SMILES string of the molecule is O=C(O)CNCC1CCCN(CC2CNC(=O)O2)C1. The molecule has 2 saturated heterocycles. The minimum atomic E-state index is -0.823. The van der Waals surface area contributed by atoms with Gasteiger partial charge in [0.25, 0.3) is 0 Å². The first-order valence-electron chi connectivity index (χ1n) is 6.73. The number of hydrogen-bond acceptors (Lipinski definition) is 5. The molecule has 0 aromatic rings. The number of piperidine rings is 1. The van der Waals surface area contributed by atoms with E-state index in [9.17, 15) is 9.59 Å². The normalized spacial score (nSPS) is 27.9. The van der Waals surface area contributed by atoms with Crippen LogP contribution in [0.15, 0.2) is 0 Å². The lowest BCUT2D eigenvalue weighted by atomic mass is 9.97. The highest BCUT2D eigenvalue weighted by Crippen LogP contribution is 2.17. The van der Waals surface area contributed by atoms with Gasteiger partial charge in [-0.05, 0) is 31.8 Å². The van der Waals surface area contributed by atoms with Gasteiger partial charge in [-0.1, -0.05) is 0 Å². The Balaban J connectivity index is 1.68. The first kappa shape index (κ1) is 14.1. The van der Waals surface area contributed by atoms with Gasteiger partial charge < -0.3 is 20.5 Å². The van der Waals surface area contributed by atoms with Crippen LogP contribution < -0.4 is 10.6 Å². The number of nitrogens with one attached hydrogen (secondary N) is 2. The van der Waals surface area contributed by atoms with Crippen molar-refractivity contribution in [3.05, 3.63) is 0 Å². The Bertz CT molecular complexity index is 337. The molecule has 0 aromatic carbocycles. The second-order valence-electron chi connectivity index (χ2n) is 5.20. The number of rotatable bonds is 6. The van der Waals surface area contributed by atoms with E-state index in [0.717, 1.165) is 39.0 Å². The smallest absolute Gasteiger partial charge is 0.407 e. The molecule has 19 heavy (non-hydrogen) atoms. The maximum atomic E-state index is 10.9. The Morgan fingerprint density at radius 1 is 1.58 bits per heavy atom. The Labute approximate surface area is 112 Å². The zero-order chi connectivity index (χ0) is 13.7. The third kappa shape index (κ3) is 4.68. The van der Waals surface area contributed by atoms with Crippen LogP contribution in [0.1, 0.15) is 12.8 Å². The van der Waals surface area contributed by atoms with E-state index in [2.05, 4.69) is 15.5 Å². The van der Waals surface area contributed by atoms with Crippen LogP contribution in [0.25, 0.3) is 0 Å². The Kier molecular flexibility index (Phi) is 4.98. The van der Waals surface area contributed by atoms with E-state index >= 15 is 0 Å². The van der Waals surface area contributed by atoms with Gasteiger partial charge in [0, 0.05) is 13.1 Å². The number of carbonyl (C=O) groups excluding carboxylic acids is 1. The van der Waals surface area contributed by atoms with Gasteiger partial charge in [0.1, 0.15) is 6.10 Å². The Morgan fingerprint density at radius 2 is 2.42 bits per heavy atom. The molecule has 0 radical (unpaired) electrons. The lowest BCUT2D eigenvalue weighted by Gasteiger charge is -2.33. The summed E-state index contributed by atoms with van der Waals surface area (Å²) < 4.78 is 5.13. The molecule has 108 valence electrons. The second kappa shape index (κ2) is 6.72. The molecule has 2 unspecified atom stereocenters. The molecule has 2 rings (SSSR count). The van der Waals surface area contributed by atoms with E-state index in [1.54, 1.807) is 0 Å². The van der Waals surface area contributed by atoms with Crippen molar-refractivity contribution < 1.29 is 19.4 Å². The van der Waals surface area contributed by atoms with Crippen molar-refractivity contribution in [2.24, 2.45) is 5.92 Å². The number of carboxylic acids is 1. The van der Waals surface area contributed by atoms with Gasteiger partial charge in [-0.3, -0.25) is 9.69 Å². The standard InChI is InChI=1S/C12H21N3O4/c16-11(17)6-13-4-9-2-1-3-15(7-9)8-10-5-14-12(18)19-10/h9-10,13H,1-8H2,(H,14,18)(H,16,17). The molecule has 7 nitrogen and oxygen atoms in total.